The highest BCUT2D eigenvalue weighted by atomic mass is 16.3. The van der Waals surface area contributed by atoms with E-state index in [4.69, 9.17) is 10.8 Å². The first-order valence-corrected chi connectivity index (χ1v) is 3.97. The number of carbonyl (C=O) groups excluding carboxylic acids is 2. The second kappa shape index (κ2) is 6.38. The van der Waals surface area contributed by atoms with E-state index in [1.165, 1.54) is 0 Å². The molecule has 0 saturated heterocycles. The van der Waals surface area contributed by atoms with E-state index in [0.29, 0.717) is 0 Å². The van der Waals surface area contributed by atoms with Crippen LogP contribution in [-0.2, 0) is 9.59 Å². The van der Waals surface area contributed by atoms with Crippen LogP contribution in [-0.4, -0.2) is 42.7 Å². The number of nitrogens with two attached hydrogens (primary N) is 1. The van der Waals surface area contributed by atoms with Gasteiger partial charge >= 0.3 is 0 Å². The average molecular weight is 189 g/mol. The molecule has 0 aliphatic carbocycles. The number of aliphatic hydroxyl groups excluding tert-OH is 1. The van der Waals surface area contributed by atoms with Gasteiger partial charge in [0.1, 0.15) is 0 Å². The first kappa shape index (κ1) is 11.9. The van der Waals surface area contributed by atoms with Crippen molar-refractivity contribution in [3.05, 3.63) is 0 Å². The summed E-state index contributed by atoms with van der Waals surface area (Å²) in [7, 11) is 0. The summed E-state index contributed by atoms with van der Waals surface area (Å²) in [5.74, 6) is -0.727. The average Bonchev–Trinajstić information content (AvgIpc) is 2.10. The highest BCUT2D eigenvalue weighted by Crippen LogP contribution is 1.74. The Morgan fingerprint density at radius 3 is 2.46 bits per heavy atom. The Morgan fingerprint density at radius 1 is 1.38 bits per heavy atom. The predicted octanol–water partition coefficient (Wildman–Crippen LogP) is -2.44. The van der Waals surface area contributed by atoms with E-state index in [1.807, 2.05) is 0 Å². The first-order chi connectivity index (χ1) is 6.06. The van der Waals surface area contributed by atoms with Crippen molar-refractivity contribution in [2.75, 3.05) is 19.6 Å². The molecule has 1 atom stereocenters. The van der Waals surface area contributed by atoms with Crippen molar-refractivity contribution >= 4 is 11.8 Å². The molecule has 0 heterocycles. The minimum atomic E-state index is -0.589. The van der Waals surface area contributed by atoms with E-state index >= 15 is 0 Å². The van der Waals surface area contributed by atoms with Crippen LogP contribution in [0.2, 0.25) is 0 Å². The molecule has 5 N–H and O–H groups in total. The molecule has 0 aromatic rings. The van der Waals surface area contributed by atoms with Gasteiger partial charge in [-0.2, -0.15) is 0 Å². The lowest BCUT2D eigenvalue weighted by Gasteiger charge is -2.07. The summed E-state index contributed by atoms with van der Waals surface area (Å²) >= 11 is 0. The highest BCUT2D eigenvalue weighted by molar-refractivity contribution is 5.85. The molecule has 2 amide bonds. The Balaban J connectivity index is 3.46. The summed E-state index contributed by atoms with van der Waals surface area (Å²) in [5, 5.41) is 13.5. The van der Waals surface area contributed by atoms with Crippen molar-refractivity contribution in [1.29, 1.82) is 0 Å². The molecular formula is C7H15N3O3. The molecule has 0 radical (unpaired) electrons. The number of hydrogen-bond acceptors (Lipinski definition) is 4. The van der Waals surface area contributed by atoms with Crippen LogP contribution in [0.1, 0.15) is 6.92 Å². The van der Waals surface area contributed by atoms with E-state index in [2.05, 4.69) is 10.6 Å². The standard InChI is InChI=1S/C7H15N3O3/c1-5(11)3-9-7(13)4-10-6(12)2-8/h5,11H,2-4,8H2,1H3,(H,9,13)(H,10,12)/t5-/m0/s1. The van der Waals surface area contributed by atoms with Crippen LogP contribution in [0.4, 0.5) is 0 Å². The zero-order valence-corrected chi connectivity index (χ0v) is 7.54. The van der Waals surface area contributed by atoms with Gasteiger partial charge in [-0.15, -0.1) is 0 Å². The van der Waals surface area contributed by atoms with Crippen LogP contribution in [0, 0.1) is 0 Å². The van der Waals surface area contributed by atoms with Crippen LogP contribution >= 0.6 is 0 Å². The summed E-state index contributed by atoms with van der Waals surface area (Å²) < 4.78 is 0. The maximum atomic E-state index is 10.9. The Bertz CT molecular complexity index is 182. The third-order valence-electron chi connectivity index (χ3n) is 1.23. The van der Waals surface area contributed by atoms with Crippen LogP contribution in [0.25, 0.3) is 0 Å². The van der Waals surface area contributed by atoms with Gasteiger partial charge in [0.15, 0.2) is 0 Å². The van der Waals surface area contributed by atoms with E-state index in [-0.39, 0.29) is 31.4 Å². The zero-order chi connectivity index (χ0) is 10.3. The second-order valence-electron chi connectivity index (χ2n) is 2.63. The SMILES string of the molecule is C[C@H](O)CNC(=O)CNC(=O)CN. The van der Waals surface area contributed by atoms with E-state index in [9.17, 15) is 9.59 Å². The summed E-state index contributed by atoms with van der Waals surface area (Å²) in [6.45, 7) is 1.49. The molecule has 0 rings (SSSR count). The van der Waals surface area contributed by atoms with Gasteiger partial charge in [0.05, 0.1) is 19.2 Å². The molecule has 6 nitrogen and oxygen atoms in total. The van der Waals surface area contributed by atoms with Crippen LogP contribution < -0.4 is 16.4 Å². The van der Waals surface area contributed by atoms with E-state index in [0.717, 1.165) is 0 Å². The largest absolute Gasteiger partial charge is 0.392 e. The number of aliphatic hydroxyl groups is 1. The third-order valence-corrected chi connectivity index (χ3v) is 1.23. The molecule has 76 valence electrons. The summed E-state index contributed by atoms with van der Waals surface area (Å²) in [6, 6.07) is 0. The van der Waals surface area contributed by atoms with Crippen molar-refractivity contribution in [3.63, 3.8) is 0 Å². The lowest BCUT2D eigenvalue weighted by Crippen LogP contribution is -2.41. The number of hydrogen-bond donors (Lipinski definition) is 4. The molecular weight excluding hydrogens is 174 g/mol. The molecule has 0 aromatic carbocycles. The maximum absolute atomic E-state index is 10.9. The molecule has 0 fully saturated rings. The van der Waals surface area contributed by atoms with Gasteiger partial charge in [0.2, 0.25) is 11.8 Å². The summed E-state index contributed by atoms with van der Waals surface area (Å²) in [4.78, 5) is 21.5. The molecule has 6 heteroatoms. The van der Waals surface area contributed by atoms with Gasteiger partial charge in [0, 0.05) is 6.54 Å². The fourth-order valence-electron chi connectivity index (χ4n) is 0.575. The first-order valence-electron chi connectivity index (χ1n) is 3.97. The van der Waals surface area contributed by atoms with Gasteiger partial charge in [-0.1, -0.05) is 0 Å². The Morgan fingerprint density at radius 2 is 2.00 bits per heavy atom. The molecule has 0 bridgehead atoms. The number of rotatable bonds is 5. The number of amides is 2. The molecule has 0 saturated carbocycles. The minimum absolute atomic E-state index is 0.108. The normalized spacial score (nSPS) is 11.9. The smallest absolute Gasteiger partial charge is 0.239 e. The topological polar surface area (TPSA) is 104 Å². The van der Waals surface area contributed by atoms with Crippen LogP contribution in [0.15, 0.2) is 0 Å². The predicted molar refractivity (Wildman–Crippen MR) is 46.8 cm³/mol. The Kier molecular flexibility index (Phi) is 5.82. The lowest BCUT2D eigenvalue weighted by molar-refractivity contribution is -0.125. The monoisotopic (exact) mass is 189 g/mol. The minimum Gasteiger partial charge on any atom is -0.392 e. The Hall–Kier alpha value is -1.14. The molecule has 0 aliphatic rings. The molecule has 13 heavy (non-hydrogen) atoms. The molecule has 0 unspecified atom stereocenters. The van der Waals surface area contributed by atoms with Gasteiger partial charge in [-0.3, -0.25) is 9.59 Å². The molecule has 0 spiro atoms. The van der Waals surface area contributed by atoms with Crippen molar-refractivity contribution in [1.82, 2.24) is 10.6 Å². The molecule has 0 aromatic heterocycles. The summed E-state index contributed by atoms with van der Waals surface area (Å²) in [6.07, 6.45) is -0.589. The van der Waals surface area contributed by atoms with Crippen LogP contribution in [0.5, 0.6) is 0 Å². The van der Waals surface area contributed by atoms with E-state index < -0.39 is 6.10 Å². The fraction of sp³-hybridized carbons (Fsp3) is 0.714. The summed E-state index contributed by atoms with van der Waals surface area (Å²) in [5.41, 5.74) is 5.00. The van der Waals surface area contributed by atoms with E-state index in [1.54, 1.807) is 6.92 Å². The highest BCUT2D eigenvalue weighted by Gasteiger charge is 2.03. The lowest BCUT2D eigenvalue weighted by atomic mass is 10.4. The Labute approximate surface area is 76.5 Å². The maximum Gasteiger partial charge on any atom is 0.239 e. The fourth-order valence-corrected chi connectivity index (χ4v) is 0.575. The van der Waals surface area contributed by atoms with Crippen molar-refractivity contribution in [2.45, 2.75) is 13.0 Å². The zero-order valence-electron chi connectivity index (χ0n) is 7.54. The van der Waals surface area contributed by atoms with Crippen molar-refractivity contribution < 1.29 is 14.7 Å². The number of nitrogens with one attached hydrogen (secondary N) is 2. The van der Waals surface area contributed by atoms with Gasteiger partial charge in [-0.25, -0.2) is 0 Å². The second-order valence-corrected chi connectivity index (χ2v) is 2.63. The number of carbonyl (C=O) groups is 2. The quantitative estimate of drug-likeness (QED) is 0.385. The van der Waals surface area contributed by atoms with Crippen molar-refractivity contribution in [3.8, 4) is 0 Å². The van der Waals surface area contributed by atoms with Crippen LogP contribution in [0.3, 0.4) is 0 Å². The van der Waals surface area contributed by atoms with Gasteiger partial charge in [-0.05, 0) is 6.92 Å². The van der Waals surface area contributed by atoms with Crippen molar-refractivity contribution in [2.24, 2.45) is 5.73 Å². The third kappa shape index (κ3) is 7.23. The van der Waals surface area contributed by atoms with Gasteiger partial charge < -0.3 is 21.5 Å². The molecule has 0 aliphatic heterocycles. The van der Waals surface area contributed by atoms with Gasteiger partial charge in [0.25, 0.3) is 0 Å².